The fraction of sp³-hybridized carbons (Fsp3) is 0.333. The highest BCUT2D eigenvalue weighted by atomic mass is 16.5. The van der Waals surface area contributed by atoms with Crippen molar-refractivity contribution in [1.29, 1.82) is 0 Å². The van der Waals surface area contributed by atoms with Crippen molar-refractivity contribution in [3.05, 3.63) is 65.9 Å². The fourth-order valence-corrected chi connectivity index (χ4v) is 3.22. The molecule has 3 nitrogen and oxygen atoms in total. The second kappa shape index (κ2) is 6.70. The molecular weight excluding hydrogens is 296 g/mol. The van der Waals surface area contributed by atoms with Gasteiger partial charge in [-0.1, -0.05) is 36.4 Å². The Kier molecular flexibility index (Phi) is 2.95. The zero-order valence-electron chi connectivity index (χ0n) is 18.5. The van der Waals surface area contributed by atoms with Crippen molar-refractivity contribution >= 4 is 10.9 Å². The molecule has 0 amide bonds. The Bertz CT molecular complexity index is 984. The number of aromatic nitrogens is 1. The minimum Gasteiger partial charge on any atom is -0.488 e. The van der Waals surface area contributed by atoms with Crippen LogP contribution in [0.2, 0.25) is 0 Å². The van der Waals surface area contributed by atoms with Crippen LogP contribution in [0.15, 0.2) is 54.7 Å². The third kappa shape index (κ3) is 3.04. The van der Waals surface area contributed by atoms with Crippen molar-refractivity contribution in [1.82, 2.24) is 9.88 Å². The van der Waals surface area contributed by atoms with E-state index >= 15 is 0 Å². The number of aromatic amines is 1. The van der Waals surface area contributed by atoms with Gasteiger partial charge in [0.15, 0.2) is 0 Å². The predicted molar refractivity (Wildman–Crippen MR) is 98.4 cm³/mol. The molecule has 0 aliphatic carbocycles. The molecule has 1 saturated heterocycles. The van der Waals surface area contributed by atoms with Gasteiger partial charge in [-0.3, -0.25) is 0 Å². The average molecular weight is 325 g/mol. The van der Waals surface area contributed by atoms with Gasteiger partial charge in [0.05, 0.1) is 0 Å². The van der Waals surface area contributed by atoms with Crippen molar-refractivity contribution in [3.8, 4) is 5.75 Å². The van der Waals surface area contributed by atoms with Crippen molar-refractivity contribution < 1.29 is 11.6 Å². The number of nitrogens with one attached hydrogen (secondary N) is 1. The minimum atomic E-state index is -2.31. The molecule has 0 saturated carbocycles. The summed E-state index contributed by atoms with van der Waals surface area (Å²) in [6.07, 6.45) is 0.985. The van der Waals surface area contributed by atoms with Gasteiger partial charge in [0.25, 0.3) is 0 Å². The van der Waals surface area contributed by atoms with Crippen LogP contribution in [-0.2, 0) is 13.0 Å². The molecule has 0 radical (unpaired) electrons. The number of fused-ring (bicyclic) bond motifs is 1. The number of likely N-dealkylation sites (N-methyl/N-ethyl adjacent to an activating group) is 1. The third-order valence-corrected chi connectivity index (χ3v) is 4.48. The number of nitrogens with zero attached hydrogens (tertiary/aromatic N) is 1. The number of hydrogen-bond acceptors (Lipinski definition) is 2. The quantitative estimate of drug-likeness (QED) is 0.754. The summed E-state index contributed by atoms with van der Waals surface area (Å²) >= 11 is 0. The third-order valence-electron chi connectivity index (χ3n) is 4.48. The molecule has 1 N–H and O–H groups in total. The summed E-state index contributed by atoms with van der Waals surface area (Å²) in [7, 11) is 0. The maximum atomic E-state index is 8.87. The molecule has 3 heteroatoms. The molecule has 0 unspecified atom stereocenters. The molecule has 24 heavy (non-hydrogen) atoms. The summed E-state index contributed by atoms with van der Waals surface area (Å²) in [6.45, 7) is -1.56. The Morgan fingerprint density at radius 3 is 3.04 bits per heavy atom. The molecule has 1 fully saturated rings. The molecular formula is C21H24N2O. The Labute approximate surface area is 150 Å². The molecule has 4 rings (SSSR count). The zero-order chi connectivity index (χ0) is 20.6. The minimum absolute atomic E-state index is 0.373. The van der Waals surface area contributed by atoms with Gasteiger partial charge in [0, 0.05) is 30.0 Å². The van der Waals surface area contributed by atoms with E-state index in [9.17, 15) is 0 Å². The fourth-order valence-electron chi connectivity index (χ4n) is 3.22. The van der Waals surface area contributed by atoms with Gasteiger partial charge in [-0.05, 0) is 56.0 Å². The lowest BCUT2D eigenvalue weighted by Crippen LogP contribution is -2.26. The summed E-state index contributed by atoms with van der Waals surface area (Å²) in [5, 5.41) is 0.672. The lowest BCUT2D eigenvalue weighted by molar-refractivity contribution is 0.306. The molecule has 2 aromatic carbocycles. The summed E-state index contributed by atoms with van der Waals surface area (Å²) in [4.78, 5) is 4.45. The van der Waals surface area contributed by atoms with Gasteiger partial charge in [-0.15, -0.1) is 0 Å². The van der Waals surface area contributed by atoms with Crippen LogP contribution in [0.5, 0.6) is 5.75 Å². The monoisotopic (exact) mass is 325 g/mol. The Hall–Kier alpha value is -2.26. The number of likely N-dealkylation sites (tertiary alicyclic amines) is 1. The van der Waals surface area contributed by atoms with E-state index in [4.69, 9.17) is 11.6 Å². The van der Waals surface area contributed by atoms with Crippen LogP contribution in [0.1, 0.15) is 30.8 Å². The van der Waals surface area contributed by atoms with E-state index in [-0.39, 0.29) is 0 Å². The number of benzene rings is 2. The van der Waals surface area contributed by atoms with Gasteiger partial charge in [-0.2, -0.15) is 0 Å². The van der Waals surface area contributed by atoms with E-state index in [2.05, 4.69) is 4.98 Å². The Morgan fingerprint density at radius 2 is 2.17 bits per heavy atom. The highest BCUT2D eigenvalue weighted by Gasteiger charge is 2.22. The van der Waals surface area contributed by atoms with Crippen LogP contribution in [0.3, 0.4) is 0 Å². The van der Waals surface area contributed by atoms with Crippen LogP contribution in [0, 0.1) is 0 Å². The normalized spacial score (nSPS) is 22.5. The molecule has 0 spiro atoms. The van der Waals surface area contributed by atoms with Crippen molar-refractivity contribution in [2.45, 2.75) is 31.9 Å². The molecule has 1 aliphatic heterocycles. The highest BCUT2D eigenvalue weighted by Crippen LogP contribution is 2.32. The summed E-state index contributed by atoms with van der Waals surface area (Å²) in [5.41, 5.74) is 2.24. The standard InChI is InChI=1S/C21H24N2O/c1-23-12-6-9-18(23)13-17-14-22-19-10-5-11-20(21(17)19)24-15-16-7-3-2-4-8-16/h2-5,7-8,10-11,14,18,22H,6,9,12-13,15H2,1H3/t18-/m1/s1/i1D3,13D2. The van der Waals surface area contributed by atoms with Gasteiger partial charge in [0.1, 0.15) is 12.4 Å². The van der Waals surface area contributed by atoms with Crippen LogP contribution < -0.4 is 4.74 Å². The predicted octanol–water partition coefficient (Wildman–Crippen LogP) is 4.38. The first kappa shape index (κ1) is 10.6. The maximum Gasteiger partial charge on any atom is 0.129 e. The zero-order valence-corrected chi connectivity index (χ0v) is 13.5. The van der Waals surface area contributed by atoms with E-state index in [0.29, 0.717) is 42.7 Å². The maximum absolute atomic E-state index is 8.87. The molecule has 3 aromatic rings. The number of H-pyrrole nitrogens is 1. The first-order chi connectivity index (χ1) is 13.8. The molecule has 1 aliphatic rings. The van der Waals surface area contributed by atoms with Gasteiger partial charge in [0.2, 0.25) is 0 Å². The second-order valence-electron chi connectivity index (χ2n) is 6.15. The number of rotatable bonds is 5. The van der Waals surface area contributed by atoms with Gasteiger partial charge in [-0.25, -0.2) is 0 Å². The lowest BCUT2D eigenvalue weighted by Gasteiger charge is -2.19. The smallest absolute Gasteiger partial charge is 0.129 e. The van der Waals surface area contributed by atoms with Crippen molar-refractivity contribution in [3.63, 3.8) is 0 Å². The Balaban J connectivity index is 1.70. The van der Waals surface area contributed by atoms with E-state index in [0.717, 1.165) is 11.1 Å². The van der Waals surface area contributed by atoms with E-state index in [1.54, 1.807) is 6.20 Å². The van der Waals surface area contributed by atoms with Crippen LogP contribution in [0.4, 0.5) is 0 Å². The first-order valence-electron chi connectivity index (χ1n) is 10.8. The van der Waals surface area contributed by atoms with E-state index in [1.165, 1.54) is 4.90 Å². The van der Waals surface area contributed by atoms with Crippen LogP contribution in [-0.4, -0.2) is 29.4 Å². The van der Waals surface area contributed by atoms with E-state index < -0.39 is 19.4 Å². The van der Waals surface area contributed by atoms with Crippen LogP contribution >= 0.6 is 0 Å². The van der Waals surface area contributed by atoms with Gasteiger partial charge >= 0.3 is 0 Å². The molecule has 124 valence electrons. The largest absolute Gasteiger partial charge is 0.488 e. The first-order valence-corrected chi connectivity index (χ1v) is 8.32. The average Bonchev–Trinajstić information content (AvgIpc) is 3.35. The Morgan fingerprint density at radius 1 is 1.25 bits per heavy atom. The molecule has 1 aromatic heterocycles. The summed E-state index contributed by atoms with van der Waals surface area (Å²) < 4.78 is 47.2. The summed E-state index contributed by atoms with van der Waals surface area (Å²) in [6, 6.07) is 14.6. The molecule has 0 bridgehead atoms. The van der Waals surface area contributed by atoms with Crippen molar-refractivity contribution in [2.24, 2.45) is 0 Å². The lowest BCUT2D eigenvalue weighted by atomic mass is 10.0. The summed E-state index contributed by atoms with van der Waals surface area (Å²) in [5.74, 6) is 0.588. The van der Waals surface area contributed by atoms with Crippen LogP contribution in [0.25, 0.3) is 10.9 Å². The molecule has 1 atom stereocenters. The topological polar surface area (TPSA) is 28.3 Å². The number of ether oxygens (including phenoxy) is 1. The van der Waals surface area contributed by atoms with Gasteiger partial charge < -0.3 is 14.6 Å². The van der Waals surface area contributed by atoms with E-state index in [1.807, 2.05) is 48.5 Å². The SMILES string of the molecule is [2H]C([2H])(c1c[nH]c2cccc(OCc3ccccc3)c12)[C@H]1CCCN1C([2H])([2H])[2H]. The number of hydrogen-bond donors (Lipinski definition) is 1. The van der Waals surface area contributed by atoms with Crippen molar-refractivity contribution in [2.75, 3.05) is 13.5 Å². The molecule has 2 heterocycles. The highest BCUT2D eigenvalue weighted by molar-refractivity contribution is 5.89. The second-order valence-corrected chi connectivity index (χ2v) is 6.15.